The van der Waals surface area contributed by atoms with Crippen molar-refractivity contribution in [2.24, 2.45) is 11.8 Å². The standard InChI is InChI=1S/C26H36FN3O4S/c1-19(2)15-29(25(31)20-8-3-4-9-20)16-22-14-28-26(30(22)17-23-11-7-13-34-23)35(32,33)18-21-10-5-6-12-24(21)27/h5-6,10,12,14,19-20,23H,3-4,7-9,11,13,15-18H2,1-2H3/t23-/m1/s1. The lowest BCUT2D eigenvalue weighted by atomic mass is 10.1. The van der Waals surface area contributed by atoms with Crippen LogP contribution in [0.1, 0.15) is 63.6 Å². The summed E-state index contributed by atoms with van der Waals surface area (Å²) in [7, 11) is -3.93. The molecular weight excluding hydrogens is 469 g/mol. The average molecular weight is 506 g/mol. The number of nitrogens with zero attached hydrogens (tertiary/aromatic N) is 3. The molecule has 1 aliphatic carbocycles. The van der Waals surface area contributed by atoms with Gasteiger partial charge < -0.3 is 14.2 Å². The summed E-state index contributed by atoms with van der Waals surface area (Å²) in [6, 6.07) is 5.89. The van der Waals surface area contributed by atoms with Crippen molar-refractivity contribution in [1.29, 1.82) is 0 Å². The second-order valence-electron chi connectivity index (χ2n) is 10.2. The van der Waals surface area contributed by atoms with Gasteiger partial charge in [-0.3, -0.25) is 4.79 Å². The summed E-state index contributed by atoms with van der Waals surface area (Å²) in [4.78, 5) is 19.5. The second kappa shape index (κ2) is 11.2. The Morgan fingerprint density at radius 3 is 2.60 bits per heavy atom. The Bertz CT molecular complexity index is 1120. The van der Waals surface area contributed by atoms with Gasteiger partial charge in [-0.25, -0.2) is 17.8 Å². The molecule has 4 rings (SSSR count). The van der Waals surface area contributed by atoms with E-state index in [0.29, 0.717) is 31.9 Å². The number of sulfone groups is 1. The molecule has 0 spiro atoms. The van der Waals surface area contributed by atoms with E-state index >= 15 is 0 Å². The van der Waals surface area contributed by atoms with Gasteiger partial charge in [0.2, 0.25) is 20.9 Å². The molecule has 1 amide bonds. The number of amides is 1. The van der Waals surface area contributed by atoms with Crippen LogP contribution in [0.25, 0.3) is 0 Å². The zero-order valence-corrected chi connectivity index (χ0v) is 21.5. The van der Waals surface area contributed by atoms with E-state index in [1.165, 1.54) is 18.2 Å². The maximum absolute atomic E-state index is 14.2. The van der Waals surface area contributed by atoms with Crippen molar-refractivity contribution in [1.82, 2.24) is 14.5 Å². The van der Waals surface area contributed by atoms with Crippen LogP contribution in [-0.4, -0.2) is 48.0 Å². The van der Waals surface area contributed by atoms with Gasteiger partial charge in [-0.15, -0.1) is 0 Å². The van der Waals surface area contributed by atoms with Crippen LogP contribution >= 0.6 is 0 Å². The lowest BCUT2D eigenvalue weighted by Crippen LogP contribution is -2.38. The zero-order valence-electron chi connectivity index (χ0n) is 20.7. The minimum atomic E-state index is -3.93. The zero-order chi connectivity index (χ0) is 25.0. The number of rotatable bonds is 10. The van der Waals surface area contributed by atoms with Crippen molar-refractivity contribution in [2.75, 3.05) is 13.2 Å². The first-order valence-corrected chi connectivity index (χ1v) is 14.3. The molecule has 0 unspecified atom stereocenters. The van der Waals surface area contributed by atoms with Crippen LogP contribution in [0.15, 0.2) is 35.6 Å². The monoisotopic (exact) mass is 505 g/mol. The first-order chi connectivity index (χ1) is 16.7. The van der Waals surface area contributed by atoms with Crippen molar-refractivity contribution >= 4 is 15.7 Å². The van der Waals surface area contributed by atoms with E-state index in [2.05, 4.69) is 18.8 Å². The summed E-state index contributed by atoms with van der Waals surface area (Å²) < 4.78 is 48.5. The maximum atomic E-state index is 14.2. The van der Waals surface area contributed by atoms with Gasteiger partial charge in [0.25, 0.3) is 0 Å². The molecule has 1 aromatic heterocycles. The molecule has 2 aliphatic rings. The fraction of sp³-hybridized carbons (Fsp3) is 0.615. The number of benzene rings is 1. The van der Waals surface area contributed by atoms with E-state index in [1.807, 2.05) is 4.90 Å². The van der Waals surface area contributed by atoms with E-state index in [1.54, 1.807) is 16.8 Å². The number of carbonyl (C=O) groups is 1. The molecule has 1 aromatic carbocycles. The Morgan fingerprint density at radius 1 is 1.20 bits per heavy atom. The highest BCUT2D eigenvalue weighted by Crippen LogP contribution is 2.28. The first-order valence-electron chi connectivity index (χ1n) is 12.7. The molecule has 7 nitrogen and oxygen atoms in total. The number of imidazole rings is 1. The molecule has 2 fully saturated rings. The van der Waals surface area contributed by atoms with Crippen LogP contribution in [-0.2, 0) is 38.2 Å². The molecule has 2 heterocycles. The van der Waals surface area contributed by atoms with Crippen LogP contribution in [0.4, 0.5) is 4.39 Å². The fourth-order valence-corrected chi connectivity index (χ4v) is 6.65. The predicted octanol–water partition coefficient (Wildman–Crippen LogP) is 4.35. The van der Waals surface area contributed by atoms with Crippen LogP contribution in [0.3, 0.4) is 0 Å². The van der Waals surface area contributed by atoms with Crippen LogP contribution < -0.4 is 0 Å². The molecule has 0 bridgehead atoms. The van der Waals surface area contributed by atoms with Gasteiger partial charge in [-0.05, 0) is 37.7 Å². The summed E-state index contributed by atoms with van der Waals surface area (Å²) in [6.45, 7) is 6.02. The largest absolute Gasteiger partial charge is 0.376 e. The van der Waals surface area contributed by atoms with E-state index in [9.17, 15) is 17.6 Å². The number of ether oxygens (including phenoxy) is 1. The van der Waals surface area contributed by atoms with Gasteiger partial charge >= 0.3 is 0 Å². The number of hydrogen-bond donors (Lipinski definition) is 0. The number of hydrogen-bond acceptors (Lipinski definition) is 5. The Morgan fingerprint density at radius 2 is 1.94 bits per heavy atom. The predicted molar refractivity (Wildman–Crippen MR) is 131 cm³/mol. The van der Waals surface area contributed by atoms with Gasteiger partial charge in [-0.1, -0.05) is 44.9 Å². The quantitative estimate of drug-likeness (QED) is 0.480. The maximum Gasteiger partial charge on any atom is 0.228 e. The minimum Gasteiger partial charge on any atom is -0.376 e. The molecule has 0 N–H and O–H groups in total. The van der Waals surface area contributed by atoms with E-state index in [4.69, 9.17) is 4.74 Å². The Balaban J connectivity index is 1.65. The van der Waals surface area contributed by atoms with Crippen molar-refractivity contribution < 1.29 is 22.3 Å². The van der Waals surface area contributed by atoms with Crippen LogP contribution in [0.2, 0.25) is 0 Å². The Labute approximate surface area is 207 Å². The fourth-order valence-electron chi connectivity index (χ4n) is 5.14. The molecule has 1 saturated heterocycles. The second-order valence-corrected chi connectivity index (χ2v) is 12.1. The summed E-state index contributed by atoms with van der Waals surface area (Å²) in [5.41, 5.74) is 0.776. The summed E-state index contributed by atoms with van der Waals surface area (Å²) in [5.74, 6) is -0.583. The normalized spacial score (nSPS) is 19.0. The number of halogens is 1. The van der Waals surface area contributed by atoms with Crippen molar-refractivity contribution in [3.63, 3.8) is 0 Å². The van der Waals surface area contributed by atoms with E-state index < -0.39 is 21.4 Å². The molecular formula is C26H36FN3O4S. The van der Waals surface area contributed by atoms with E-state index in [0.717, 1.165) is 38.5 Å². The smallest absolute Gasteiger partial charge is 0.228 e. The topological polar surface area (TPSA) is 81.5 Å². The highest BCUT2D eigenvalue weighted by atomic mass is 32.2. The molecule has 1 aliphatic heterocycles. The van der Waals surface area contributed by atoms with Gasteiger partial charge in [0.1, 0.15) is 5.82 Å². The highest BCUT2D eigenvalue weighted by Gasteiger charge is 2.31. The molecule has 1 saturated carbocycles. The minimum absolute atomic E-state index is 0.0348. The Kier molecular flexibility index (Phi) is 8.27. The lowest BCUT2D eigenvalue weighted by molar-refractivity contribution is -0.136. The molecule has 9 heteroatoms. The number of aromatic nitrogens is 2. The Hall–Kier alpha value is -2.26. The lowest BCUT2D eigenvalue weighted by Gasteiger charge is -2.28. The first kappa shape index (κ1) is 25.8. The summed E-state index contributed by atoms with van der Waals surface area (Å²) >= 11 is 0. The molecule has 1 atom stereocenters. The molecule has 2 aromatic rings. The molecule has 0 radical (unpaired) electrons. The van der Waals surface area contributed by atoms with Crippen molar-refractivity contribution in [3.8, 4) is 0 Å². The molecule has 35 heavy (non-hydrogen) atoms. The highest BCUT2D eigenvalue weighted by molar-refractivity contribution is 7.90. The third-order valence-corrected chi connectivity index (χ3v) is 8.42. The van der Waals surface area contributed by atoms with Crippen LogP contribution in [0, 0.1) is 17.7 Å². The molecule has 192 valence electrons. The van der Waals surface area contributed by atoms with Gasteiger partial charge in [0, 0.05) is 24.6 Å². The van der Waals surface area contributed by atoms with Gasteiger partial charge in [0.15, 0.2) is 0 Å². The third-order valence-electron chi connectivity index (χ3n) is 6.85. The SMILES string of the molecule is CC(C)CN(Cc1cnc(S(=O)(=O)Cc2ccccc2F)n1C[C@H]1CCCO1)C(=O)C1CCCC1. The number of carbonyl (C=O) groups excluding carboxylic acids is 1. The van der Waals surface area contributed by atoms with Gasteiger partial charge in [0.05, 0.1) is 36.8 Å². The summed E-state index contributed by atoms with van der Waals surface area (Å²) in [6.07, 6.45) is 7.15. The van der Waals surface area contributed by atoms with Gasteiger partial charge in [-0.2, -0.15) is 0 Å². The third kappa shape index (κ3) is 6.30. The van der Waals surface area contributed by atoms with Crippen LogP contribution in [0.5, 0.6) is 0 Å². The summed E-state index contributed by atoms with van der Waals surface area (Å²) in [5, 5.41) is -0.0935. The van der Waals surface area contributed by atoms with E-state index in [-0.39, 0.29) is 34.6 Å². The van der Waals surface area contributed by atoms with Crippen molar-refractivity contribution in [3.05, 3.63) is 47.5 Å². The average Bonchev–Trinajstić information content (AvgIpc) is 3.57. The van der Waals surface area contributed by atoms with Crippen molar-refractivity contribution in [2.45, 2.75) is 82.5 Å².